The van der Waals surface area contributed by atoms with Gasteiger partial charge in [0.25, 0.3) is 0 Å². The first kappa shape index (κ1) is 19.5. The second kappa shape index (κ2) is 5.83. The molecule has 13 heteroatoms. The number of nitrogens with one attached hydrogen (secondary N) is 1. The van der Waals surface area contributed by atoms with Gasteiger partial charge < -0.3 is 5.32 Å². The van der Waals surface area contributed by atoms with E-state index in [1.54, 1.807) is 0 Å². The third-order valence-corrected chi connectivity index (χ3v) is 3.56. The van der Waals surface area contributed by atoms with Crippen molar-refractivity contribution in [3.8, 4) is 0 Å². The van der Waals surface area contributed by atoms with Crippen molar-refractivity contribution >= 4 is 16.5 Å². The number of hydrogen-bond donors (Lipinski definition) is 1. The first-order valence-electron chi connectivity index (χ1n) is 5.29. The molecule has 0 aromatic heterocycles. The summed E-state index contributed by atoms with van der Waals surface area (Å²) in [5.41, 5.74) is -7.02. The van der Waals surface area contributed by atoms with Crippen LogP contribution in [0.3, 0.4) is 0 Å². The molecule has 0 aliphatic heterocycles. The van der Waals surface area contributed by atoms with Crippen molar-refractivity contribution in [1.82, 2.24) is 0 Å². The standard InChI is InChI=1S/C10H5F10NOS/c11-7(8(12,13)14,9(15,16)17)21-5-3-1-2-4-6(5)23(22)10(18,19)20/h1-4,21H. The number of hydrogen-bond acceptors (Lipinski definition) is 2. The maximum absolute atomic E-state index is 13.5. The van der Waals surface area contributed by atoms with E-state index in [2.05, 4.69) is 0 Å². The summed E-state index contributed by atoms with van der Waals surface area (Å²) in [5.74, 6) is -6.02. The Morgan fingerprint density at radius 3 is 1.61 bits per heavy atom. The molecule has 0 fully saturated rings. The van der Waals surface area contributed by atoms with E-state index in [-0.39, 0.29) is 0 Å². The molecule has 132 valence electrons. The minimum Gasteiger partial charge on any atom is -0.337 e. The molecule has 0 aliphatic carbocycles. The highest BCUT2D eigenvalue weighted by molar-refractivity contribution is 7.86. The average molecular weight is 377 g/mol. The van der Waals surface area contributed by atoms with Crippen LogP contribution in [0.2, 0.25) is 0 Å². The van der Waals surface area contributed by atoms with Gasteiger partial charge >= 0.3 is 23.7 Å². The van der Waals surface area contributed by atoms with Crippen molar-refractivity contribution in [2.24, 2.45) is 0 Å². The number of benzene rings is 1. The molecule has 0 amide bonds. The average Bonchev–Trinajstić information content (AvgIpc) is 2.34. The van der Waals surface area contributed by atoms with Gasteiger partial charge in [0.15, 0.2) is 10.8 Å². The smallest absolute Gasteiger partial charge is 0.337 e. The summed E-state index contributed by atoms with van der Waals surface area (Å²) in [7, 11) is -3.96. The molecular formula is C10H5F10NOS. The van der Waals surface area contributed by atoms with Crippen LogP contribution in [0.4, 0.5) is 49.6 Å². The minimum absolute atomic E-state index is 0.310. The molecule has 0 saturated carbocycles. The highest BCUT2D eigenvalue weighted by atomic mass is 32.2. The van der Waals surface area contributed by atoms with E-state index in [9.17, 15) is 48.1 Å². The van der Waals surface area contributed by atoms with Crippen LogP contribution in [-0.4, -0.2) is 27.9 Å². The lowest BCUT2D eigenvalue weighted by Gasteiger charge is -2.31. The van der Waals surface area contributed by atoms with Crippen LogP contribution < -0.4 is 5.32 Å². The van der Waals surface area contributed by atoms with Crippen LogP contribution >= 0.6 is 0 Å². The van der Waals surface area contributed by atoms with Crippen molar-refractivity contribution in [1.29, 1.82) is 0 Å². The van der Waals surface area contributed by atoms with E-state index in [1.807, 2.05) is 0 Å². The van der Waals surface area contributed by atoms with E-state index in [4.69, 9.17) is 0 Å². The molecule has 0 saturated heterocycles. The molecule has 1 N–H and O–H groups in total. The molecule has 0 aliphatic rings. The predicted molar refractivity (Wildman–Crippen MR) is 58.5 cm³/mol. The lowest BCUT2D eigenvalue weighted by Crippen LogP contribution is -2.59. The Kier molecular flexibility index (Phi) is 4.95. The van der Waals surface area contributed by atoms with Gasteiger partial charge in [0.2, 0.25) is 0 Å². The SMILES string of the molecule is O=S(c1ccccc1NC(F)(C(F)(F)F)C(F)(F)F)C(F)(F)F. The summed E-state index contributed by atoms with van der Waals surface area (Å²) in [4.78, 5) is -1.48. The molecule has 0 spiro atoms. The summed E-state index contributed by atoms with van der Waals surface area (Å²) in [6, 6.07) is 2.20. The predicted octanol–water partition coefficient (Wildman–Crippen LogP) is 4.52. The minimum atomic E-state index is -6.53. The summed E-state index contributed by atoms with van der Waals surface area (Å²) < 4.78 is 136. The lowest BCUT2D eigenvalue weighted by molar-refractivity contribution is -0.330. The van der Waals surface area contributed by atoms with E-state index in [0.29, 0.717) is 17.4 Å². The fourth-order valence-electron chi connectivity index (χ4n) is 1.34. The van der Waals surface area contributed by atoms with Crippen LogP contribution in [0, 0.1) is 0 Å². The van der Waals surface area contributed by atoms with Gasteiger partial charge in [-0.2, -0.15) is 43.9 Å². The van der Waals surface area contributed by atoms with Gasteiger partial charge in [-0.05, 0) is 12.1 Å². The normalized spacial score (nSPS) is 15.4. The summed E-state index contributed by atoms with van der Waals surface area (Å²) in [6.45, 7) is 0. The van der Waals surface area contributed by atoms with Gasteiger partial charge in [-0.25, -0.2) is 4.21 Å². The molecule has 0 bridgehead atoms. The quantitative estimate of drug-likeness (QED) is 0.620. The number of para-hydroxylation sites is 1. The molecule has 1 aromatic rings. The van der Waals surface area contributed by atoms with Crippen LogP contribution in [0.1, 0.15) is 0 Å². The zero-order chi connectivity index (χ0) is 18.3. The van der Waals surface area contributed by atoms with Crippen LogP contribution in [0.15, 0.2) is 29.2 Å². The van der Waals surface area contributed by atoms with Gasteiger partial charge in [0, 0.05) is 0 Å². The Morgan fingerprint density at radius 1 is 0.783 bits per heavy atom. The van der Waals surface area contributed by atoms with Crippen molar-refractivity contribution in [3.05, 3.63) is 24.3 Å². The molecule has 1 aromatic carbocycles. The van der Waals surface area contributed by atoms with Crippen molar-refractivity contribution < 1.29 is 48.1 Å². The fourth-order valence-corrected chi connectivity index (χ4v) is 2.11. The van der Waals surface area contributed by atoms with Crippen LogP contribution in [-0.2, 0) is 10.8 Å². The molecule has 0 radical (unpaired) electrons. The van der Waals surface area contributed by atoms with E-state index >= 15 is 0 Å². The first-order valence-corrected chi connectivity index (χ1v) is 6.44. The van der Waals surface area contributed by atoms with Gasteiger partial charge in [0.1, 0.15) is 0 Å². The Hall–Kier alpha value is -1.53. The summed E-state index contributed by atoms with van der Waals surface area (Å²) in [5, 5.41) is 0.347. The first-order chi connectivity index (χ1) is 10.1. The van der Waals surface area contributed by atoms with Crippen LogP contribution in [0.25, 0.3) is 0 Å². The Balaban J connectivity index is 3.41. The molecule has 0 heterocycles. The van der Waals surface area contributed by atoms with Crippen LogP contribution in [0.5, 0.6) is 0 Å². The Bertz CT molecular complexity index is 577. The number of alkyl halides is 10. The maximum Gasteiger partial charge on any atom is 0.475 e. The summed E-state index contributed by atoms with van der Waals surface area (Å²) in [6.07, 6.45) is -13.1. The van der Waals surface area contributed by atoms with E-state index < -0.39 is 45.0 Å². The van der Waals surface area contributed by atoms with Gasteiger partial charge in [-0.3, -0.25) is 0 Å². The highest BCUT2D eigenvalue weighted by Crippen LogP contribution is 2.47. The van der Waals surface area contributed by atoms with Gasteiger partial charge in [0.05, 0.1) is 10.6 Å². The molecule has 23 heavy (non-hydrogen) atoms. The van der Waals surface area contributed by atoms with Gasteiger partial charge in [-0.15, -0.1) is 0 Å². The highest BCUT2D eigenvalue weighted by Gasteiger charge is 2.73. The van der Waals surface area contributed by atoms with Crippen molar-refractivity contribution in [2.45, 2.75) is 28.5 Å². The zero-order valence-corrected chi connectivity index (χ0v) is 11.2. The maximum atomic E-state index is 13.5. The number of halogens is 10. The number of rotatable bonds is 3. The zero-order valence-electron chi connectivity index (χ0n) is 10.4. The fraction of sp³-hybridized carbons (Fsp3) is 0.400. The molecular weight excluding hydrogens is 372 g/mol. The van der Waals surface area contributed by atoms with E-state index in [0.717, 1.165) is 12.1 Å². The van der Waals surface area contributed by atoms with Crippen molar-refractivity contribution in [3.63, 3.8) is 0 Å². The summed E-state index contributed by atoms with van der Waals surface area (Å²) >= 11 is 0. The Morgan fingerprint density at radius 2 is 1.22 bits per heavy atom. The number of anilines is 1. The largest absolute Gasteiger partial charge is 0.475 e. The molecule has 1 unspecified atom stereocenters. The van der Waals surface area contributed by atoms with Crippen molar-refractivity contribution in [2.75, 3.05) is 5.32 Å². The lowest BCUT2D eigenvalue weighted by atomic mass is 10.2. The molecule has 1 rings (SSSR count). The molecule has 1 atom stereocenters. The topological polar surface area (TPSA) is 29.1 Å². The second-order valence-corrected chi connectivity index (χ2v) is 5.43. The monoisotopic (exact) mass is 377 g/mol. The van der Waals surface area contributed by atoms with E-state index in [1.165, 1.54) is 0 Å². The Labute approximate surface area is 123 Å². The third-order valence-electron chi connectivity index (χ3n) is 2.39. The third kappa shape index (κ3) is 3.87. The van der Waals surface area contributed by atoms with Gasteiger partial charge in [-0.1, -0.05) is 12.1 Å². The molecule has 2 nitrogen and oxygen atoms in total. The second-order valence-electron chi connectivity index (χ2n) is 3.99.